The van der Waals surface area contributed by atoms with E-state index in [1.54, 1.807) is 60.1 Å². The van der Waals surface area contributed by atoms with E-state index in [0.29, 0.717) is 21.4 Å². The van der Waals surface area contributed by atoms with Gasteiger partial charge in [0.25, 0.3) is 0 Å². The lowest BCUT2D eigenvalue weighted by Gasteiger charge is -2.12. The number of hydrogen-bond donors (Lipinski definition) is 1. The molecule has 3 aromatic rings. The second-order valence-corrected chi connectivity index (χ2v) is 7.04. The number of tetrazole rings is 1. The van der Waals surface area contributed by atoms with Gasteiger partial charge in [-0.3, -0.25) is 4.79 Å². The van der Waals surface area contributed by atoms with Gasteiger partial charge in [0, 0.05) is 10.7 Å². The zero-order valence-corrected chi connectivity index (χ0v) is 15.2. The van der Waals surface area contributed by atoms with Crippen LogP contribution >= 0.6 is 23.4 Å². The topological polar surface area (TPSA) is 96.5 Å². The monoisotopic (exact) mass is 384 g/mol. The summed E-state index contributed by atoms with van der Waals surface area (Å²) in [6.07, 6.45) is 0. The summed E-state index contributed by atoms with van der Waals surface area (Å²) in [6.45, 7) is 1.76. The highest BCUT2D eigenvalue weighted by atomic mass is 35.5. The molecule has 0 unspecified atom stereocenters. The molecule has 0 bridgehead atoms. The second-order valence-electron chi connectivity index (χ2n) is 5.29. The maximum Gasteiger partial charge on any atom is 0.237 e. The van der Waals surface area contributed by atoms with Crippen molar-refractivity contribution in [2.45, 2.75) is 17.3 Å². The molecule has 26 heavy (non-hydrogen) atoms. The summed E-state index contributed by atoms with van der Waals surface area (Å²) in [4.78, 5) is 12.4. The fourth-order valence-corrected chi connectivity index (χ4v) is 3.05. The molecule has 9 heteroatoms. The summed E-state index contributed by atoms with van der Waals surface area (Å²) in [5.74, 6) is -0.212. The summed E-state index contributed by atoms with van der Waals surface area (Å²) >= 11 is 7.13. The lowest BCUT2D eigenvalue weighted by atomic mass is 10.2. The Hall–Kier alpha value is -2.89. The minimum absolute atomic E-state index is 0.212. The minimum atomic E-state index is -0.446. The van der Waals surface area contributed by atoms with Crippen LogP contribution in [0.25, 0.3) is 5.69 Å². The Kier molecular flexibility index (Phi) is 5.51. The molecular weight excluding hydrogens is 372 g/mol. The molecule has 0 saturated heterocycles. The Labute approximate surface area is 159 Å². The van der Waals surface area contributed by atoms with E-state index in [2.05, 4.69) is 20.8 Å². The van der Waals surface area contributed by atoms with Crippen molar-refractivity contribution in [3.8, 4) is 11.8 Å². The number of anilines is 1. The van der Waals surface area contributed by atoms with E-state index in [9.17, 15) is 4.79 Å². The average Bonchev–Trinajstić information content (AvgIpc) is 3.10. The van der Waals surface area contributed by atoms with Crippen molar-refractivity contribution in [2.24, 2.45) is 0 Å². The first-order chi connectivity index (χ1) is 12.6. The van der Waals surface area contributed by atoms with Gasteiger partial charge in [0.15, 0.2) is 0 Å². The average molecular weight is 385 g/mol. The largest absolute Gasteiger partial charge is 0.325 e. The quantitative estimate of drug-likeness (QED) is 0.678. The molecule has 7 nitrogen and oxygen atoms in total. The fraction of sp³-hybridized carbons (Fsp3) is 0.118. The molecule has 3 rings (SSSR count). The van der Waals surface area contributed by atoms with Gasteiger partial charge in [-0.2, -0.15) is 9.94 Å². The molecule has 1 heterocycles. The van der Waals surface area contributed by atoms with Gasteiger partial charge >= 0.3 is 0 Å². The number of hydrogen-bond acceptors (Lipinski definition) is 6. The highest BCUT2D eigenvalue weighted by Crippen LogP contribution is 2.24. The molecule has 1 aromatic heterocycles. The SMILES string of the molecule is C[C@@H](Sc1nnnn1-c1ccc(Cl)cc1)C(=O)Nc1cccc(C#N)c1. The predicted octanol–water partition coefficient (Wildman–Crippen LogP) is 3.31. The maximum absolute atomic E-state index is 12.4. The van der Waals surface area contributed by atoms with Gasteiger partial charge in [0.2, 0.25) is 11.1 Å². The number of carbonyl (C=O) groups excluding carboxylic acids is 1. The first-order valence-corrected chi connectivity index (χ1v) is 8.84. The molecule has 0 aliphatic heterocycles. The van der Waals surface area contributed by atoms with Gasteiger partial charge in [-0.15, -0.1) is 5.10 Å². The summed E-state index contributed by atoms with van der Waals surface area (Å²) in [5.41, 5.74) is 1.80. The van der Waals surface area contributed by atoms with Crippen molar-refractivity contribution in [1.82, 2.24) is 20.2 Å². The zero-order chi connectivity index (χ0) is 18.5. The van der Waals surface area contributed by atoms with Gasteiger partial charge in [0.05, 0.1) is 22.6 Å². The number of nitriles is 1. The molecule has 2 aromatic carbocycles. The first kappa shape index (κ1) is 17.9. The van der Waals surface area contributed by atoms with Gasteiger partial charge < -0.3 is 5.32 Å². The van der Waals surface area contributed by atoms with Gasteiger partial charge in [0.1, 0.15) is 0 Å². The summed E-state index contributed by atoms with van der Waals surface area (Å²) in [7, 11) is 0. The van der Waals surface area contributed by atoms with Crippen LogP contribution in [-0.2, 0) is 4.79 Å². The number of aromatic nitrogens is 4. The molecular formula is C17H13ClN6OS. The number of amides is 1. The number of halogens is 1. The lowest BCUT2D eigenvalue weighted by molar-refractivity contribution is -0.115. The van der Waals surface area contributed by atoms with E-state index >= 15 is 0 Å². The zero-order valence-electron chi connectivity index (χ0n) is 13.6. The van der Waals surface area contributed by atoms with Gasteiger partial charge in [-0.1, -0.05) is 29.4 Å². The third kappa shape index (κ3) is 4.20. The molecule has 1 atom stereocenters. The van der Waals surface area contributed by atoms with Crippen LogP contribution in [0.15, 0.2) is 53.7 Å². The van der Waals surface area contributed by atoms with Gasteiger partial charge in [-0.25, -0.2) is 0 Å². The molecule has 0 spiro atoms. The van der Waals surface area contributed by atoms with Crippen molar-refractivity contribution in [3.63, 3.8) is 0 Å². The Balaban J connectivity index is 1.71. The van der Waals surface area contributed by atoms with Crippen LogP contribution in [0.2, 0.25) is 5.02 Å². The predicted molar refractivity (Wildman–Crippen MR) is 99.3 cm³/mol. The van der Waals surface area contributed by atoms with E-state index < -0.39 is 5.25 Å². The van der Waals surface area contributed by atoms with Gasteiger partial charge in [-0.05, 0) is 59.8 Å². The third-order valence-electron chi connectivity index (χ3n) is 3.42. The van der Waals surface area contributed by atoms with Crippen LogP contribution in [0.3, 0.4) is 0 Å². The van der Waals surface area contributed by atoms with Crippen LogP contribution in [0, 0.1) is 11.3 Å². The van der Waals surface area contributed by atoms with E-state index in [4.69, 9.17) is 16.9 Å². The normalized spacial score (nSPS) is 11.6. The van der Waals surface area contributed by atoms with Crippen LogP contribution in [0.1, 0.15) is 12.5 Å². The number of thioether (sulfide) groups is 1. The maximum atomic E-state index is 12.4. The highest BCUT2D eigenvalue weighted by Gasteiger charge is 2.19. The molecule has 1 N–H and O–H groups in total. The number of nitrogens with zero attached hydrogens (tertiary/aromatic N) is 5. The summed E-state index contributed by atoms with van der Waals surface area (Å²) < 4.78 is 1.54. The Morgan fingerprint density at radius 1 is 1.31 bits per heavy atom. The van der Waals surface area contributed by atoms with Crippen molar-refractivity contribution in [1.29, 1.82) is 5.26 Å². The van der Waals surface area contributed by atoms with Crippen molar-refractivity contribution in [3.05, 3.63) is 59.1 Å². The molecule has 0 saturated carbocycles. The smallest absolute Gasteiger partial charge is 0.237 e. The van der Waals surface area contributed by atoms with E-state index in [0.717, 1.165) is 5.69 Å². The number of carbonyl (C=O) groups is 1. The van der Waals surface area contributed by atoms with E-state index in [-0.39, 0.29) is 5.91 Å². The van der Waals surface area contributed by atoms with Crippen LogP contribution < -0.4 is 5.32 Å². The minimum Gasteiger partial charge on any atom is -0.325 e. The van der Waals surface area contributed by atoms with Crippen molar-refractivity contribution < 1.29 is 4.79 Å². The summed E-state index contributed by atoms with van der Waals surface area (Å²) in [5, 5.41) is 24.0. The Morgan fingerprint density at radius 2 is 2.08 bits per heavy atom. The fourth-order valence-electron chi connectivity index (χ4n) is 2.12. The molecule has 0 radical (unpaired) electrons. The molecule has 0 aliphatic carbocycles. The van der Waals surface area contributed by atoms with Crippen molar-refractivity contribution in [2.75, 3.05) is 5.32 Å². The number of rotatable bonds is 5. The molecule has 0 fully saturated rings. The van der Waals surface area contributed by atoms with E-state index in [1.807, 2.05) is 6.07 Å². The Morgan fingerprint density at radius 3 is 2.81 bits per heavy atom. The molecule has 130 valence electrons. The molecule has 0 aliphatic rings. The van der Waals surface area contributed by atoms with Crippen molar-refractivity contribution >= 4 is 35.0 Å². The standard InChI is InChI=1S/C17H13ClN6OS/c1-11(16(25)20-14-4-2-3-12(9-14)10-19)26-17-21-22-23-24(17)15-7-5-13(18)6-8-15/h2-9,11H,1H3,(H,20,25)/t11-/m1/s1. The second kappa shape index (κ2) is 7.99. The lowest BCUT2D eigenvalue weighted by Crippen LogP contribution is -2.23. The van der Waals surface area contributed by atoms with Crippen LogP contribution in [-0.4, -0.2) is 31.4 Å². The third-order valence-corrected chi connectivity index (χ3v) is 4.71. The van der Waals surface area contributed by atoms with Crippen LogP contribution in [0.5, 0.6) is 0 Å². The summed E-state index contributed by atoms with van der Waals surface area (Å²) in [6, 6.07) is 15.8. The number of benzene rings is 2. The number of nitrogens with one attached hydrogen (secondary N) is 1. The highest BCUT2D eigenvalue weighted by molar-refractivity contribution is 8.00. The van der Waals surface area contributed by atoms with E-state index in [1.165, 1.54) is 11.8 Å². The molecule has 1 amide bonds. The Bertz CT molecular complexity index is 966. The van der Waals surface area contributed by atoms with Crippen LogP contribution in [0.4, 0.5) is 5.69 Å². The first-order valence-electron chi connectivity index (χ1n) is 7.59.